The smallest absolute Gasteiger partial charge is 0.188 e. The van der Waals surface area contributed by atoms with Crippen molar-refractivity contribution in [3.8, 4) is 0 Å². The van der Waals surface area contributed by atoms with Crippen molar-refractivity contribution in [1.29, 1.82) is 0 Å². The van der Waals surface area contributed by atoms with E-state index in [1.165, 1.54) is 6.21 Å². The normalized spacial score (nSPS) is 13.2. The Balaban J connectivity index is 3.27. The summed E-state index contributed by atoms with van der Waals surface area (Å²) in [6, 6.07) is 6.72. The summed E-state index contributed by atoms with van der Waals surface area (Å²) in [5.74, 6) is 5.02. The van der Waals surface area contributed by atoms with Crippen molar-refractivity contribution >= 4 is 16.1 Å². The molecule has 0 saturated carbocycles. The van der Waals surface area contributed by atoms with Gasteiger partial charge in [0.05, 0.1) is 4.90 Å². The van der Waals surface area contributed by atoms with Gasteiger partial charge in [-0.15, -0.1) is 0 Å². The zero-order valence-electron chi connectivity index (χ0n) is 9.64. The molecule has 0 spiro atoms. The fourth-order valence-corrected chi connectivity index (χ4v) is 2.57. The third-order valence-electron chi connectivity index (χ3n) is 2.41. The van der Waals surface area contributed by atoms with Gasteiger partial charge in [0.15, 0.2) is 9.84 Å². The van der Waals surface area contributed by atoms with Crippen LogP contribution in [0.2, 0.25) is 0 Å². The first-order valence-corrected chi connectivity index (χ1v) is 6.35. The Bertz CT molecular complexity index is 487. The van der Waals surface area contributed by atoms with Crippen LogP contribution >= 0.6 is 0 Å². The van der Waals surface area contributed by atoms with E-state index in [0.29, 0.717) is 0 Å². The zero-order valence-corrected chi connectivity index (χ0v) is 10.5. The second kappa shape index (κ2) is 4.25. The molecular weight excluding hydrogens is 224 g/mol. The van der Waals surface area contributed by atoms with E-state index in [4.69, 9.17) is 5.84 Å². The molecule has 0 bridgehead atoms. The largest absolute Gasteiger partial charge is 0.324 e. The number of nitrogens with zero attached hydrogens (tertiary/aromatic N) is 1. The van der Waals surface area contributed by atoms with Crippen molar-refractivity contribution in [2.45, 2.75) is 30.4 Å². The van der Waals surface area contributed by atoms with Crippen LogP contribution in [-0.4, -0.2) is 19.4 Å². The Morgan fingerprint density at radius 1 is 1.25 bits per heavy atom. The SMILES string of the molecule is Cc1ccc(S(=O)(=O)C(C)(C)C=NN)cc1. The monoisotopic (exact) mass is 240 g/mol. The molecule has 0 fully saturated rings. The Morgan fingerprint density at radius 3 is 2.19 bits per heavy atom. The van der Waals surface area contributed by atoms with Crippen molar-refractivity contribution in [1.82, 2.24) is 0 Å². The van der Waals surface area contributed by atoms with Crippen LogP contribution in [-0.2, 0) is 9.84 Å². The summed E-state index contributed by atoms with van der Waals surface area (Å²) in [6.07, 6.45) is 1.24. The Kier molecular flexibility index (Phi) is 3.38. The molecule has 16 heavy (non-hydrogen) atoms. The van der Waals surface area contributed by atoms with Crippen molar-refractivity contribution in [2.24, 2.45) is 10.9 Å². The van der Waals surface area contributed by atoms with Crippen LogP contribution in [0.15, 0.2) is 34.3 Å². The molecule has 1 aromatic rings. The lowest BCUT2D eigenvalue weighted by Gasteiger charge is -2.19. The fraction of sp³-hybridized carbons (Fsp3) is 0.364. The van der Waals surface area contributed by atoms with Crippen molar-refractivity contribution in [3.05, 3.63) is 29.8 Å². The van der Waals surface area contributed by atoms with E-state index in [9.17, 15) is 8.42 Å². The maximum atomic E-state index is 12.2. The summed E-state index contributed by atoms with van der Waals surface area (Å²) >= 11 is 0. The second-order valence-electron chi connectivity index (χ2n) is 4.20. The van der Waals surface area contributed by atoms with Crippen molar-refractivity contribution in [3.63, 3.8) is 0 Å². The Labute approximate surface area is 96.1 Å². The average molecular weight is 240 g/mol. The maximum Gasteiger partial charge on any atom is 0.188 e. The van der Waals surface area contributed by atoms with Crippen LogP contribution in [0.3, 0.4) is 0 Å². The summed E-state index contributed by atoms with van der Waals surface area (Å²) in [7, 11) is -3.45. The lowest BCUT2D eigenvalue weighted by molar-refractivity contribution is 0.578. The lowest BCUT2D eigenvalue weighted by Crippen LogP contribution is -2.34. The van der Waals surface area contributed by atoms with E-state index in [-0.39, 0.29) is 4.90 Å². The molecule has 0 saturated heterocycles. The topological polar surface area (TPSA) is 72.5 Å². The molecule has 1 rings (SSSR count). The van der Waals surface area contributed by atoms with Crippen LogP contribution in [0.5, 0.6) is 0 Å². The molecule has 0 aliphatic rings. The predicted molar refractivity (Wildman–Crippen MR) is 65.1 cm³/mol. The minimum absolute atomic E-state index is 0.281. The number of hydrazone groups is 1. The minimum Gasteiger partial charge on any atom is -0.324 e. The first kappa shape index (κ1) is 12.7. The second-order valence-corrected chi connectivity index (χ2v) is 6.73. The summed E-state index contributed by atoms with van der Waals surface area (Å²) in [4.78, 5) is 0.281. The molecule has 0 aliphatic carbocycles. The number of rotatable bonds is 3. The minimum atomic E-state index is -3.45. The number of aryl methyl sites for hydroxylation is 1. The van der Waals surface area contributed by atoms with Crippen molar-refractivity contribution in [2.75, 3.05) is 0 Å². The molecule has 0 radical (unpaired) electrons. The van der Waals surface area contributed by atoms with Gasteiger partial charge in [-0.3, -0.25) is 0 Å². The van der Waals surface area contributed by atoms with Crippen LogP contribution in [0.4, 0.5) is 0 Å². The standard InChI is InChI=1S/C11H16N2O2S/c1-9-4-6-10(7-5-9)16(14,15)11(2,3)8-13-12/h4-8H,12H2,1-3H3. The maximum absolute atomic E-state index is 12.2. The lowest BCUT2D eigenvalue weighted by atomic mass is 10.2. The number of sulfone groups is 1. The highest BCUT2D eigenvalue weighted by Gasteiger charge is 2.34. The third-order valence-corrected chi connectivity index (χ3v) is 4.79. The summed E-state index contributed by atoms with van der Waals surface area (Å²) < 4.78 is 23.3. The molecule has 0 aromatic heterocycles. The van der Waals surface area contributed by atoms with Gasteiger partial charge in [0.25, 0.3) is 0 Å². The van der Waals surface area contributed by atoms with Gasteiger partial charge in [0.1, 0.15) is 4.75 Å². The fourth-order valence-electron chi connectivity index (χ4n) is 1.27. The van der Waals surface area contributed by atoms with Gasteiger partial charge in [-0.2, -0.15) is 5.10 Å². The van der Waals surface area contributed by atoms with Crippen LogP contribution in [0.25, 0.3) is 0 Å². The van der Waals surface area contributed by atoms with E-state index in [1.54, 1.807) is 38.1 Å². The van der Waals surface area contributed by atoms with E-state index in [2.05, 4.69) is 5.10 Å². The molecule has 2 N–H and O–H groups in total. The molecule has 88 valence electrons. The van der Waals surface area contributed by atoms with E-state index >= 15 is 0 Å². The third kappa shape index (κ3) is 2.24. The highest BCUT2D eigenvalue weighted by Crippen LogP contribution is 2.23. The van der Waals surface area contributed by atoms with Crippen LogP contribution < -0.4 is 5.84 Å². The summed E-state index contributed by atoms with van der Waals surface area (Å²) in [5, 5.41) is 3.31. The molecule has 0 atom stereocenters. The average Bonchev–Trinajstić information content (AvgIpc) is 2.18. The number of benzene rings is 1. The van der Waals surface area contributed by atoms with Crippen LogP contribution in [0.1, 0.15) is 19.4 Å². The molecule has 0 unspecified atom stereocenters. The van der Waals surface area contributed by atoms with E-state index in [1.807, 2.05) is 6.92 Å². The molecular formula is C11H16N2O2S. The first-order chi connectivity index (χ1) is 7.31. The predicted octanol–water partition coefficient (Wildman–Crippen LogP) is 1.49. The number of hydrogen-bond donors (Lipinski definition) is 1. The summed E-state index contributed by atoms with van der Waals surface area (Å²) in [6.45, 7) is 5.04. The number of hydrogen-bond acceptors (Lipinski definition) is 4. The zero-order chi connectivity index (χ0) is 12.4. The van der Waals surface area contributed by atoms with Gasteiger partial charge in [0.2, 0.25) is 0 Å². The van der Waals surface area contributed by atoms with Gasteiger partial charge in [-0.05, 0) is 32.9 Å². The molecule has 5 heteroatoms. The van der Waals surface area contributed by atoms with E-state index in [0.717, 1.165) is 5.56 Å². The molecule has 0 aliphatic heterocycles. The summed E-state index contributed by atoms with van der Waals surface area (Å²) in [5.41, 5.74) is 1.02. The van der Waals surface area contributed by atoms with Gasteiger partial charge in [-0.1, -0.05) is 17.7 Å². The molecule has 1 aromatic carbocycles. The van der Waals surface area contributed by atoms with Crippen molar-refractivity contribution < 1.29 is 8.42 Å². The van der Waals surface area contributed by atoms with Gasteiger partial charge >= 0.3 is 0 Å². The van der Waals surface area contributed by atoms with Gasteiger partial charge in [0, 0.05) is 6.21 Å². The Morgan fingerprint density at radius 2 is 1.75 bits per heavy atom. The van der Waals surface area contributed by atoms with Gasteiger partial charge in [-0.25, -0.2) is 8.42 Å². The molecule has 0 amide bonds. The van der Waals surface area contributed by atoms with Crippen LogP contribution in [0, 0.1) is 6.92 Å². The van der Waals surface area contributed by atoms with Gasteiger partial charge < -0.3 is 5.84 Å². The quantitative estimate of drug-likeness (QED) is 0.494. The Hall–Kier alpha value is -1.36. The van der Waals surface area contributed by atoms with E-state index < -0.39 is 14.6 Å². The molecule has 4 nitrogen and oxygen atoms in total. The molecule has 0 heterocycles. The highest BCUT2D eigenvalue weighted by atomic mass is 32.2. The first-order valence-electron chi connectivity index (χ1n) is 4.87. The highest BCUT2D eigenvalue weighted by molar-refractivity contribution is 7.93. The number of nitrogens with two attached hydrogens (primary N) is 1.